The predicted octanol–water partition coefficient (Wildman–Crippen LogP) is -1.77. The lowest BCUT2D eigenvalue weighted by Gasteiger charge is -2.31. The Hall–Kier alpha value is 0.0300. The van der Waals surface area contributed by atoms with Crippen molar-refractivity contribution in [2.45, 2.75) is 13.0 Å². The van der Waals surface area contributed by atoms with Crippen molar-refractivity contribution in [1.29, 1.82) is 0 Å². The Morgan fingerprint density at radius 2 is 2.17 bits per heavy atom. The van der Waals surface area contributed by atoms with E-state index in [4.69, 9.17) is 9.84 Å². The highest BCUT2D eigenvalue weighted by Gasteiger charge is 2.03. The van der Waals surface area contributed by atoms with E-state index in [9.17, 15) is 14.4 Å². The molecule has 0 aliphatic rings. The summed E-state index contributed by atoms with van der Waals surface area (Å²) in [5.74, 6) is 0. The van der Waals surface area contributed by atoms with Crippen LogP contribution in [-0.2, 0) is 13.8 Å². The third-order valence-electron chi connectivity index (χ3n) is 0.897. The highest BCUT2D eigenvalue weighted by molar-refractivity contribution is 7.43. The van der Waals surface area contributed by atoms with Crippen LogP contribution in [0.15, 0.2) is 0 Å². The Morgan fingerprint density at radius 3 is 2.58 bits per heavy atom. The zero-order chi connectivity index (χ0) is 9.61. The van der Waals surface area contributed by atoms with Gasteiger partial charge in [0.1, 0.15) is 0 Å². The van der Waals surface area contributed by atoms with Gasteiger partial charge in [0, 0.05) is 0 Å². The number of rotatable bonds is 6. The summed E-state index contributed by atoms with van der Waals surface area (Å²) >= 11 is 0. The van der Waals surface area contributed by atoms with Gasteiger partial charge in [-0.1, -0.05) is 0 Å². The molecule has 0 fully saturated rings. The first-order chi connectivity index (χ1) is 5.45. The van der Waals surface area contributed by atoms with Crippen LogP contribution in [0.2, 0.25) is 0 Å². The third kappa shape index (κ3) is 8.13. The summed E-state index contributed by atoms with van der Waals surface area (Å²) in [6.07, 6.45) is -0.808. The van der Waals surface area contributed by atoms with E-state index in [0.717, 1.165) is 0 Å². The van der Waals surface area contributed by atoms with Gasteiger partial charge >= 0.3 is 0 Å². The maximum atomic E-state index is 10.0. The van der Waals surface area contributed by atoms with Crippen LogP contribution in [0.4, 0.5) is 0 Å². The molecule has 0 amide bonds. The molecule has 0 spiro atoms. The second-order valence-corrected chi connectivity index (χ2v) is 3.27. The minimum atomic E-state index is -4.91. The molecule has 6 nitrogen and oxygen atoms in total. The molecule has 74 valence electrons. The third-order valence-corrected chi connectivity index (χ3v) is 1.52. The van der Waals surface area contributed by atoms with Crippen LogP contribution in [0.25, 0.3) is 0 Å². The molecule has 0 aliphatic carbocycles. The van der Waals surface area contributed by atoms with E-state index in [-0.39, 0.29) is 19.8 Å². The van der Waals surface area contributed by atoms with Gasteiger partial charge < -0.3 is 28.7 Å². The van der Waals surface area contributed by atoms with Gasteiger partial charge in [0.05, 0.1) is 33.7 Å². The van der Waals surface area contributed by atoms with Gasteiger partial charge in [-0.05, 0) is 6.92 Å². The Labute approximate surface area is 70.4 Å². The summed E-state index contributed by atoms with van der Waals surface area (Å²) in [6.45, 7) is 1.30. The lowest BCUT2D eigenvalue weighted by atomic mass is 10.4. The number of aliphatic hydroxyl groups excluding tert-OH is 1. The standard InChI is InChI=1S/C5H13O6P/c1-5(4-10-3-2-6)11-12(7,8)9/h5-6H,2-4H2,1H3,(H2,7,8,9)/p-2. The summed E-state index contributed by atoms with van der Waals surface area (Å²) in [5, 5.41) is 8.27. The molecule has 0 rings (SSSR count). The maximum absolute atomic E-state index is 10.0. The topological polar surface area (TPSA) is 102 Å². The molecule has 0 aromatic carbocycles. The summed E-state index contributed by atoms with van der Waals surface area (Å²) in [5.41, 5.74) is 0. The highest BCUT2D eigenvalue weighted by Crippen LogP contribution is 2.26. The van der Waals surface area contributed by atoms with Gasteiger partial charge in [0.2, 0.25) is 0 Å². The van der Waals surface area contributed by atoms with E-state index in [1.165, 1.54) is 6.92 Å². The van der Waals surface area contributed by atoms with Crippen LogP contribution >= 0.6 is 7.82 Å². The maximum Gasteiger partial charge on any atom is 0.0832 e. The van der Waals surface area contributed by atoms with Crippen molar-refractivity contribution in [1.82, 2.24) is 0 Å². The van der Waals surface area contributed by atoms with Crippen molar-refractivity contribution >= 4 is 7.82 Å². The van der Waals surface area contributed by atoms with Gasteiger partial charge in [-0.2, -0.15) is 0 Å². The molecule has 0 bridgehead atoms. The van der Waals surface area contributed by atoms with E-state index in [1.54, 1.807) is 0 Å². The van der Waals surface area contributed by atoms with Crippen molar-refractivity contribution in [2.24, 2.45) is 0 Å². The average Bonchev–Trinajstić information content (AvgIpc) is 1.84. The molecule has 1 atom stereocenters. The van der Waals surface area contributed by atoms with Crippen LogP contribution in [0.1, 0.15) is 6.92 Å². The number of phosphoric ester groups is 1. The molecule has 0 saturated heterocycles. The largest absolute Gasteiger partial charge is 0.790 e. The number of phosphoric acid groups is 1. The first-order valence-corrected chi connectivity index (χ1v) is 4.81. The van der Waals surface area contributed by atoms with E-state index in [0.29, 0.717) is 0 Å². The Bertz CT molecular complexity index is 154. The van der Waals surface area contributed by atoms with E-state index >= 15 is 0 Å². The number of ether oxygens (including phenoxy) is 1. The van der Waals surface area contributed by atoms with Crippen LogP contribution in [0.3, 0.4) is 0 Å². The number of hydrogen-bond donors (Lipinski definition) is 1. The van der Waals surface area contributed by atoms with Gasteiger partial charge in [-0.15, -0.1) is 0 Å². The molecule has 0 aromatic heterocycles. The fourth-order valence-corrected chi connectivity index (χ4v) is 1.07. The van der Waals surface area contributed by atoms with E-state index < -0.39 is 13.9 Å². The van der Waals surface area contributed by atoms with Crippen molar-refractivity contribution in [3.05, 3.63) is 0 Å². The van der Waals surface area contributed by atoms with Crippen LogP contribution < -0.4 is 9.79 Å². The molecule has 7 heteroatoms. The van der Waals surface area contributed by atoms with Gasteiger partial charge in [0.25, 0.3) is 0 Å². The molecular formula is C5H11O6P-2. The predicted molar refractivity (Wildman–Crippen MR) is 36.1 cm³/mol. The van der Waals surface area contributed by atoms with E-state index in [1.807, 2.05) is 0 Å². The zero-order valence-electron chi connectivity index (χ0n) is 6.63. The Kier molecular flexibility index (Phi) is 5.65. The molecule has 0 radical (unpaired) electrons. The Morgan fingerprint density at radius 1 is 1.58 bits per heavy atom. The van der Waals surface area contributed by atoms with Crippen molar-refractivity contribution in [3.63, 3.8) is 0 Å². The first-order valence-electron chi connectivity index (χ1n) is 3.35. The van der Waals surface area contributed by atoms with Crippen molar-refractivity contribution in [2.75, 3.05) is 19.8 Å². The van der Waals surface area contributed by atoms with Crippen LogP contribution in [0, 0.1) is 0 Å². The Balaban J connectivity index is 3.46. The van der Waals surface area contributed by atoms with Gasteiger partial charge in [-0.25, -0.2) is 0 Å². The molecule has 0 aliphatic heterocycles. The summed E-state index contributed by atoms with van der Waals surface area (Å²) in [6, 6.07) is 0. The molecule has 0 aromatic rings. The van der Waals surface area contributed by atoms with Crippen LogP contribution in [-0.4, -0.2) is 31.0 Å². The van der Waals surface area contributed by atoms with Crippen LogP contribution in [0.5, 0.6) is 0 Å². The molecular weight excluding hydrogens is 187 g/mol. The number of aliphatic hydroxyl groups is 1. The smallest absolute Gasteiger partial charge is 0.0832 e. The summed E-state index contributed by atoms with van der Waals surface area (Å²) < 4.78 is 18.8. The van der Waals surface area contributed by atoms with Gasteiger partial charge in [-0.3, -0.25) is 0 Å². The normalized spacial score (nSPS) is 14.7. The fraction of sp³-hybridized carbons (Fsp3) is 1.00. The molecule has 0 saturated carbocycles. The second-order valence-electron chi connectivity index (χ2n) is 2.16. The number of hydrogen-bond acceptors (Lipinski definition) is 6. The SMILES string of the molecule is CC(COCCO)OP(=O)([O-])[O-]. The minimum Gasteiger partial charge on any atom is -0.790 e. The average molecular weight is 198 g/mol. The highest BCUT2D eigenvalue weighted by atomic mass is 31.2. The molecule has 1 N–H and O–H groups in total. The second kappa shape index (κ2) is 5.64. The molecule has 12 heavy (non-hydrogen) atoms. The fourth-order valence-electron chi connectivity index (χ4n) is 0.565. The monoisotopic (exact) mass is 198 g/mol. The summed E-state index contributed by atoms with van der Waals surface area (Å²) in [7, 11) is -4.91. The first kappa shape index (κ1) is 12.0. The van der Waals surface area contributed by atoms with Gasteiger partial charge in [0.15, 0.2) is 0 Å². The molecule has 0 heterocycles. The zero-order valence-corrected chi connectivity index (χ0v) is 7.53. The van der Waals surface area contributed by atoms with Crippen molar-refractivity contribution < 1.29 is 28.7 Å². The lowest BCUT2D eigenvalue weighted by molar-refractivity contribution is -0.345. The van der Waals surface area contributed by atoms with Crippen molar-refractivity contribution in [3.8, 4) is 0 Å². The molecule has 1 unspecified atom stereocenters. The summed E-state index contributed by atoms with van der Waals surface area (Å²) in [4.78, 5) is 20.0. The van der Waals surface area contributed by atoms with E-state index in [2.05, 4.69) is 4.52 Å². The minimum absolute atomic E-state index is 0.0327. The lowest BCUT2D eigenvalue weighted by Crippen LogP contribution is -2.24. The quantitative estimate of drug-likeness (QED) is 0.400.